The maximum absolute atomic E-state index is 14.7. The molecule has 3 aromatic carbocycles. The van der Waals surface area contributed by atoms with E-state index >= 15 is 0 Å². The number of halogens is 5. The van der Waals surface area contributed by atoms with E-state index in [4.69, 9.17) is 44.5 Å². The lowest BCUT2D eigenvalue weighted by atomic mass is 9.81. The number of likely N-dealkylation sites (N-methyl/N-ethyl adjacent to an activating group) is 1. The van der Waals surface area contributed by atoms with Crippen molar-refractivity contribution in [3.05, 3.63) is 104 Å². The van der Waals surface area contributed by atoms with Crippen LogP contribution in [0.25, 0.3) is 5.69 Å². The van der Waals surface area contributed by atoms with Gasteiger partial charge < -0.3 is 14.5 Å². The summed E-state index contributed by atoms with van der Waals surface area (Å²) in [6.07, 6.45) is 1.73. The van der Waals surface area contributed by atoms with E-state index in [1.165, 1.54) is 37.1 Å². The van der Waals surface area contributed by atoms with Crippen LogP contribution in [0.15, 0.2) is 59.9 Å². The first-order valence-corrected chi connectivity index (χ1v) is 15.8. The maximum atomic E-state index is 14.7. The van der Waals surface area contributed by atoms with Crippen LogP contribution < -0.4 is 10.1 Å². The Labute approximate surface area is 275 Å². The van der Waals surface area contributed by atoms with Crippen LogP contribution >= 0.6 is 46.6 Å². The molecule has 0 unspecified atom stereocenters. The third-order valence-electron chi connectivity index (χ3n) is 7.26. The van der Waals surface area contributed by atoms with E-state index < -0.39 is 17.0 Å². The lowest BCUT2D eigenvalue weighted by Crippen LogP contribution is -2.42. The molecule has 0 spiro atoms. The number of hydrogen-bond donors (Lipinski definition) is 1. The topological polar surface area (TPSA) is 56.2 Å². The first-order chi connectivity index (χ1) is 20.6. The second kappa shape index (κ2) is 13.7. The van der Waals surface area contributed by atoms with E-state index in [0.29, 0.717) is 44.0 Å². The van der Waals surface area contributed by atoms with E-state index in [1.807, 2.05) is 45.6 Å². The molecule has 12 heteroatoms. The minimum absolute atomic E-state index is 0.0615. The molecule has 4 aromatic rings. The number of quaternary nitrogens is 1. The minimum atomic E-state index is -0.644. The Morgan fingerprint density at radius 3 is 2.39 bits per heavy atom. The number of hydrogen-bond acceptors (Lipinski definition) is 4. The highest BCUT2D eigenvalue weighted by molar-refractivity contribution is 7.98. The fourth-order valence-electron chi connectivity index (χ4n) is 4.63. The zero-order valence-corrected chi connectivity index (χ0v) is 28.4. The molecular weight excluding hydrogens is 649 g/mol. The summed E-state index contributed by atoms with van der Waals surface area (Å²) < 4.78 is 36.9. The van der Waals surface area contributed by atoms with Gasteiger partial charge in [0.05, 0.1) is 74.0 Å². The van der Waals surface area contributed by atoms with E-state index in [2.05, 4.69) is 5.32 Å². The fourth-order valence-corrected chi connectivity index (χ4v) is 6.27. The van der Waals surface area contributed by atoms with E-state index in [0.717, 1.165) is 11.3 Å². The molecule has 0 saturated carbocycles. The highest BCUT2D eigenvalue weighted by Gasteiger charge is 2.31. The third-order valence-corrected chi connectivity index (χ3v) is 9.39. The van der Waals surface area contributed by atoms with Crippen molar-refractivity contribution < 1.29 is 22.8 Å². The molecule has 0 aliphatic rings. The van der Waals surface area contributed by atoms with E-state index in [9.17, 15) is 13.6 Å². The van der Waals surface area contributed by atoms with E-state index in [1.54, 1.807) is 30.5 Å². The molecule has 1 N–H and O–H groups in total. The van der Waals surface area contributed by atoms with Gasteiger partial charge in [0.2, 0.25) is 0 Å². The molecule has 0 aliphatic carbocycles. The van der Waals surface area contributed by atoms with Crippen molar-refractivity contribution in [3.63, 3.8) is 0 Å². The lowest BCUT2D eigenvalue weighted by Gasteiger charge is -2.28. The number of benzene rings is 3. The Bertz CT molecular complexity index is 1690. The number of thioether (sulfide) groups is 1. The van der Waals surface area contributed by atoms with Crippen molar-refractivity contribution >= 4 is 52.5 Å². The molecular formula is C32H34Cl3F2N4O2S+. The van der Waals surface area contributed by atoms with Crippen LogP contribution in [-0.4, -0.2) is 61.3 Å². The number of methoxy groups -OCH3 is 1. The first kappa shape index (κ1) is 34.1. The smallest absolute Gasteiger partial charge is 0.251 e. The monoisotopic (exact) mass is 681 g/mol. The maximum Gasteiger partial charge on any atom is 0.251 e. The molecule has 44 heavy (non-hydrogen) atoms. The summed E-state index contributed by atoms with van der Waals surface area (Å²) in [5, 5.41) is 4.14. The van der Waals surface area contributed by atoms with Gasteiger partial charge >= 0.3 is 0 Å². The number of rotatable bonds is 11. The SMILES string of the molecule is COc1cc(-n2c(C(C)(C)c3ccc(Cl)c(Cl)c3)cnc2SCc2c(C(=O)NCC[N+](C)(C)C)ccc(F)c2Cl)ccc1F. The predicted octanol–water partition coefficient (Wildman–Crippen LogP) is 8.17. The molecule has 234 valence electrons. The van der Waals surface area contributed by atoms with Crippen LogP contribution in [0, 0.1) is 11.6 Å². The van der Waals surface area contributed by atoms with Crippen molar-refractivity contribution in [2.45, 2.75) is 30.2 Å². The Morgan fingerprint density at radius 1 is 1.02 bits per heavy atom. The average Bonchev–Trinajstić information content (AvgIpc) is 3.39. The van der Waals surface area contributed by atoms with E-state index in [-0.39, 0.29) is 28.0 Å². The summed E-state index contributed by atoms with van der Waals surface area (Å²) in [6.45, 7) is 5.17. The fraction of sp³-hybridized carbons (Fsp3) is 0.312. The number of imidazole rings is 1. The molecule has 0 bridgehead atoms. The predicted molar refractivity (Wildman–Crippen MR) is 175 cm³/mol. The minimum Gasteiger partial charge on any atom is -0.494 e. The van der Waals surface area contributed by atoms with Crippen molar-refractivity contribution in [2.24, 2.45) is 0 Å². The van der Waals surface area contributed by atoms with Crippen LogP contribution in [0.3, 0.4) is 0 Å². The number of nitrogens with zero attached hydrogens (tertiary/aromatic N) is 3. The number of amides is 1. The summed E-state index contributed by atoms with van der Waals surface area (Å²) >= 11 is 20.3. The Hall–Kier alpha value is -2.82. The summed E-state index contributed by atoms with van der Waals surface area (Å²) in [7, 11) is 7.47. The lowest BCUT2D eigenvalue weighted by molar-refractivity contribution is -0.869. The number of carbonyl (C=O) groups is 1. The normalized spacial score (nSPS) is 12.0. The van der Waals surface area contributed by atoms with Crippen LogP contribution in [-0.2, 0) is 11.2 Å². The van der Waals surface area contributed by atoms with Crippen LogP contribution in [0.1, 0.15) is 41.0 Å². The van der Waals surface area contributed by atoms with Gasteiger partial charge in [-0.3, -0.25) is 9.36 Å². The second-order valence-corrected chi connectivity index (χ2v) is 13.9. The quantitative estimate of drug-likeness (QED) is 0.128. The van der Waals surface area contributed by atoms with Gasteiger partial charge in [0.15, 0.2) is 16.7 Å². The molecule has 0 atom stereocenters. The molecule has 0 aliphatic heterocycles. The second-order valence-electron chi connectivity index (χ2n) is 11.8. The van der Waals surface area contributed by atoms with Gasteiger partial charge in [-0.15, -0.1) is 0 Å². The first-order valence-electron chi connectivity index (χ1n) is 13.7. The molecule has 1 amide bonds. The zero-order valence-electron chi connectivity index (χ0n) is 25.3. The van der Waals surface area contributed by atoms with Gasteiger partial charge in [-0.25, -0.2) is 13.8 Å². The van der Waals surface area contributed by atoms with Crippen LogP contribution in [0.5, 0.6) is 5.75 Å². The summed E-state index contributed by atoms with van der Waals surface area (Å²) in [4.78, 5) is 17.9. The molecule has 1 heterocycles. The van der Waals surface area contributed by atoms with Crippen molar-refractivity contribution in [2.75, 3.05) is 41.3 Å². The molecule has 0 saturated heterocycles. The third kappa shape index (κ3) is 7.51. The number of nitrogens with one attached hydrogen (secondary N) is 1. The van der Waals surface area contributed by atoms with Gasteiger partial charge in [0, 0.05) is 22.8 Å². The van der Waals surface area contributed by atoms with Crippen molar-refractivity contribution in [1.29, 1.82) is 0 Å². The summed E-state index contributed by atoms with van der Waals surface area (Å²) in [5.74, 6) is -1.28. The Morgan fingerprint density at radius 2 is 1.73 bits per heavy atom. The average molecular weight is 683 g/mol. The molecule has 4 rings (SSSR count). The molecule has 0 fully saturated rings. The van der Waals surface area contributed by atoms with Gasteiger partial charge in [-0.05, 0) is 47.5 Å². The standard InChI is InChI=1S/C32H33Cl3F2N4O2S/c1-32(2,19-7-10-23(33)24(34)15-19)28-17-39-31(40(28)20-8-11-25(36)27(16-20)43-6)44-18-22-21(9-12-26(37)29(22)35)30(42)38-13-14-41(3,4)5/h7-12,15-17H,13-14,18H2,1-6H3/p+1. The van der Waals surface area contributed by atoms with Crippen LogP contribution in [0.2, 0.25) is 15.1 Å². The van der Waals surface area contributed by atoms with Gasteiger partial charge in [0.1, 0.15) is 5.82 Å². The number of ether oxygens (including phenoxy) is 1. The Kier molecular flexibility index (Phi) is 10.6. The van der Waals surface area contributed by atoms with Gasteiger partial charge in [-0.2, -0.15) is 0 Å². The highest BCUT2D eigenvalue weighted by atomic mass is 35.5. The highest BCUT2D eigenvalue weighted by Crippen LogP contribution is 2.40. The van der Waals surface area contributed by atoms with Gasteiger partial charge in [0.25, 0.3) is 5.91 Å². The molecule has 0 radical (unpaired) electrons. The number of carbonyl (C=O) groups excluding carboxylic acids is 1. The number of aromatic nitrogens is 2. The van der Waals surface area contributed by atoms with Crippen molar-refractivity contribution in [3.8, 4) is 11.4 Å². The zero-order chi connectivity index (χ0) is 32.4. The van der Waals surface area contributed by atoms with Crippen LogP contribution in [0.4, 0.5) is 8.78 Å². The largest absolute Gasteiger partial charge is 0.494 e. The van der Waals surface area contributed by atoms with Gasteiger partial charge in [-0.1, -0.05) is 66.5 Å². The summed E-state index contributed by atoms with van der Waals surface area (Å²) in [5.41, 5.74) is 2.21. The van der Waals surface area contributed by atoms with Crippen molar-refractivity contribution in [1.82, 2.24) is 14.9 Å². The summed E-state index contributed by atoms with van der Waals surface area (Å²) in [6, 6.07) is 12.6. The Balaban J connectivity index is 1.76. The molecule has 1 aromatic heterocycles. The molecule has 6 nitrogen and oxygen atoms in total.